The molecule has 5 nitrogen and oxygen atoms in total. The van der Waals surface area contributed by atoms with Crippen LogP contribution in [0.1, 0.15) is 12.5 Å². The van der Waals surface area contributed by atoms with Gasteiger partial charge in [-0.05, 0) is 18.1 Å². The Balaban J connectivity index is 2.05. The lowest BCUT2D eigenvalue weighted by Gasteiger charge is -2.13. The highest BCUT2D eigenvalue weighted by Crippen LogP contribution is 2.24. The normalized spacial score (nSPS) is 21.7. The average Bonchev–Trinajstić information content (AvgIpc) is 2.87. The minimum absolute atomic E-state index is 0.0221. The molecule has 1 aromatic carbocycles. The second kappa shape index (κ2) is 6.43. The number of aliphatic carboxylic acids is 1. The highest BCUT2D eigenvalue weighted by molar-refractivity contribution is 5.92. The van der Waals surface area contributed by atoms with E-state index >= 15 is 0 Å². The Morgan fingerprint density at radius 2 is 2.05 bits per heavy atom. The zero-order valence-electron chi connectivity index (χ0n) is 12.2. The number of likely N-dealkylation sites (tertiary alicyclic amines) is 1. The van der Waals surface area contributed by atoms with Gasteiger partial charge in [-0.25, -0.2) is 0 Å². The molecule has 1 N–H and O–H groups in total. The molecule has 0 unspecified atom stereocenters. The van der Waals surface area contributed by atoms with Gasteiger partial charge in [0.15, 0.2) is 0 Å². The maximum atomic E-state index is 12.1. The fourth-order valence-corrected chi connectivity index (χ4v) is 2.54. The summed E-state index contributed by atoms with van der Waals surface area (Å²) in [5.41, 5.74) is 0.815. The third-order valence-electron chi connectivity index (χ3n) is 3.79. The molecule has 2 atom stereocenters. The fourth-order valence-electron chi connectivity index (χ4n) is 2.54. The maximum Gasteiger partial charge on any atom is 0.308 e. The van der Waals surface area contributed by atoms with Gasteiger partial charge in [0, 0.05) is 24.7 Å². The Morgan fingerprint density at radius 1 is 1.33 bits per heavy atom. The number of benzene rings is 1. The van der Waals surface area contributed by atoms with Gasteiger partial charge < -0.3 is 14.7 Å². The van der Waals surface area contributed by atoms with E-state index in [0.29, 0.717) is 12.3 Å². The van der Waals surface area contributed by atoms with Gasteiger partial charge in [0.05, 0.1) is 13.0 Å². The van der Waals surface area contributed by atoms with E-state index < -0.39 is 11.9 Å². The van der Waals surface area contributed by atoms with E-state index in [4.69, 9.17) is 9.84 Å². The van der Waals surface area contributed by atoms with Crippen molar-refractivity contribution in [1.82, 2.24) is 4.90 Å². The number of carboxylic acid groups (broad SMARTS) is 1. The number of hydrogen-bond acceptors (Lipinski definition) is 3. The fraction of sp³-hybridized carbons (Fsp3) is 0.375. The summed E-state index contributed by atoms with van der Waals surface area (Å²) in [7, 11) is 1.58. The summed E-state index contributed by atoms with van der Waals surface area (Å²) in [5, 5.41) is 9.09. The number of carbonyl (C=O) groups is 2. The van der Waals surface area contributed by atoms with Crippen LogP contribution in [0.3, 0.4) is 0 Å². The second-order valence-electron chi connectivity index (χ2n) is 5.24. The van der Waals surface area contributed by atoms with Gasteiger partial charge in [-0.15, -0.1) is 0 Å². The number of amides is 1. The van der Waals surface area contributed by atoms with Gasteiger partial charge in [-0.3, -0.25) is 9.59 Å². The molecular formula is C16H19NO4. The molecule has 0 radical (unpaired) electrons. The molecule has 1 saturated heterocycles. The van der Waals surface area contributed by atoms with Crippen LogP contribution in [0.5, 0.6) is 5.75 Å². The van der Waals surface area contributed by atoms with Crippen molar-refractivity contribution < 1.29 is 19.4 Å². The van der Waals surface area contributed by atoms with Gasteiger partial charge in [0.2, 0.25) is 5.91 Å². The standard InChI is InChI=1S/C16H19NO4/c1-11-9-17(10-13(11)16(19)20)15(18)8-7-12-5-3-4-6-14(12)21-2/h3-8,11,13H,9-10H2,1-2H3,(H,19,20)/b8-7+/t11-,13-/m1/s1. The van der Waals surface area contributed by atoms with E-state index in [2.05, 4.69) is 0 Å². The topological polar surface area (TPSA) is 66.8 Å². The zero-order chi connectivity index (χ0) is 15.4. The first-order chi connectivity index (χ1) is 10.0. The molecule has 21 heavy (non-hydrogen) atoms. The first kappa shape index (κ1) is 15.1. The minimum Gasteiger partial charge on any atom is -0.496 e. The molecule has 112 valence electrons. The minimum atomic E-state index is -0.841. The number of nitrogens with zero attached hydrogens (tertiary/aromatic N) is 1. The quantitative estimate of drug-likeness (QED) is 0.860. The third kappa shape index (κ3) is 3.42. The molecule has 1 aromatic rings. The van der Waals surface area contributed by atoms with Crippen LogP contribution < -0.4 is 4.74 Å². The number of carboxylic acids is 1. The molecule has 1 aliphatic rings. The molecule has 0 saturated carbocycles. The van der Waals surface area contributed by atoms with Crippen molar-refractivity contribution in [2.24, 2.45) is 11.8 Å². The van der Waals surface area contributed by atoms with Crippen LogP contribution >= 0.6 is 0 Å². The van der Waals surface area contributed by atoms with E-state index in [1.807, 2.05) is 31.2 Å². The predicted octanol–water partition coefficient (Wildman–Crippen LogP) is 1.89. The van der Waals surface area contributed by atoms with Crippen LogP contribution in [0, 0.1) is 11.8 Å². The molecule has 1 heterocycles. The Labute approximate surface area is 123 Å². The Kier molecular flexibility index (Phi) is 4.62. The van der Waals surface area contributed by atoms with Crippen molar-refractivity contribution in [3.63, 3.8) is 0 Å². The SMILES string of the molecule is COc1ccccc1/C=C/C(=O)N1C[C@@H](C)[C@H](C(=O)O)C1. The van der Waals surface area contributed by atoms with Crippen molar-refractivity contribution in [2.75, 3.05) is 20.2 Å². The van der Waals surface area contributed by atoms with Gasteiger partial charge in [0.1, 0.15) is 5.75 Å². The molecule has 1 fully saturated rings. The van der Waals surface area contributed by atoms with E-state index in [1.54, 1.807) is 18.1 Å². The Morgan fingerprint density at radius 3 is 2.67 bits per heavy atom. The Hall–Kier alpha value is -2.30. The van der Waals surface area contributed by atoms with Crippen LogP contribution in [0.25, 0.3) is 6.08 Å². The van der Waals surface area contributed by atoms with E-state index in [-0.39, 0.29) is 18.4 Å². The lowest BCUT2D eigenvalue weighted by molar-refractivity contribution is -0.142. The zero-order valence-corrected chi connectivity index (χ0v) is 12.2. The molecule has 0 spiro atoms. The summed E-state index contributed by atoms with van der Waals surface area (Å²) in [5.74, 6) is -0.817. The maximum absolute atomic E-state index is 12.1. The van der Waals surface area contributed by atoms with Crippen molar-refractivity contribution >= 4 is 18.0 Å². The summed E-state index contributed by atoms with van der Waals surface area (Å²) in [6.07, 6.45) is 3.16. The Bertz CT molecular complexity index is 567. The van der Waals surface area contributed by atoms with Gasteiger partial charge in [-0.2, -0.15) is 0 Å². The van der Waals surface area contributed by atoms with E-state index in [0.717, 1.165) is 5.56 Å². The molecule has 1 amide bonds. The first-order valence-electron chi connectivity index (χ1n) is 6.85. The third-order valence-corrected chi connectivity index (χ3v) is 3.79. The number of hydrogen-bond donors (Lipinski definition) is 1. The molecule has 0 bridgehead atoms. The number of rotatable bonds is 4. The van der Waals surface area contributed by atoms with Crippen LogP contribution in [-0.2, 0) is 9.59 Å². The number of para-hydroxylation sites is 1. The molecule has 0 aromatic heterocycles. The number of carbonyl (C=O) groups excluding carboxylic acids is 1. The van der Waals surface area contributed by atoms with E-state index in [1.165, 1.54) is 6.08 Å². The van der Waals surface area contributed by atoms with E-state index in [9.17, 15) is 9.59 Å². The largest absolute Gasteiger partial charge is 0.496 e. The molecule has 5 heteroatoms. The van der Waals surface area contributed by atoms with Crippen LogP contribution in [-0.4, -0.2) is 42.1 Å². The second-order valence-corrected chi connectivity index (χ2v) is 5.24. The molecule has 1 aliphatic heterocycles. The van der Waals surface area contributed by atoms with Crippen LogP contribution in [0.2, 0.25) is 0 Å². The summed E-state index contributed by atoms with van der Waals surface area (Å²) >= 11 is 0. The molecule has 2 rings (SSSR count). The summed E-state index contributed by atoms with van der Waals surface area (Å²) in [6.45, 7) is 2.60. The number of ether oxygens (including phenoxy) is 1. The van der Waals surface area contributed by atoms with Crippen molar-refractivity contribution in [3.05, 3.63) is 35.9 Å². The first-order valence-corrected chi connectivity index (χ1v) is 6.85. The van der Waals surface area contributed by atoms with Crippen LogP contribution in [0.4, 0.5) is 0 Å². The average molecular weight is 289 g/mol. The number of methoxy groups -OCH3 is 1. The smallest absolute Gasteiger partial charge is 0.308 e. The van der Waals surface area contributed by atoms with Crippen LogP contribution in [0.15, 0.2) is 30.3 Å². The summed E-state index contributed by atoms with van der Waals surface area (Å²) in [6, 6.07) is 7.40. The lowest BCUT2D eigenvalue weighted by Crippen LogP contribution is -2.28. The highest BCUT2D eigenvalue weighted by Gasteiger charge is 2.36. The van der Waals surface area contributed by atoms with Crippen molar-refractivity contribution in [2.45, 2.75) is 6.92 Å². The molecular weight excluding hydrogens is 270 g/mol. The van der Waals surface area contributed by atoms with Crippen molar-refractivity contribution in [1.29, 1.82) is 0 Å². The van der Waals surface area contributed by atoms with Gasteiger partial charge in [-0.1, -0.05) is 25.1 Å². The predicted molar refractivity (Wildman–Crippen MR) is 78.9 cm³/mol. The molecule has 0 aliphatic carbocycles. The lowest BCUT2D eigenvalue weighted by atomic mass is 9.99. The monoisotopic (exact) mass is 289 g/mol. The highest BCUT2D eigenvalue weighted by atomic mass is 16.5. The van der Waals surface area contributed by atoms with Crippen molar-refractivity contribution in [3.8, 4) is 5.75 Å². The van der Waals surface area contributed by atoms with Gasteiger partial charge in [0.25, 0.3) is 0 Å². The summed E-state index contributed by atoms with van der Waals surface area (Å²) in [4.78, 5) is 24.8. The summed E-state index contributed by atoms with van der Waals surface area (Å²) < 4.78 is 5.21. The van der Waals surface area contributed by atoms with Gasteiger partial charge >= 0.3 is 5.97 Å².